The topological polar surface area (TPSA) is 34.9 Å². The Labute approximate surface area is 107 Å². The second-order valence-electron chi connectivity index (χ2n) is 4.54. The van der Waals surface area contributed by atoms with Gasteiger partial charge < -0.3 is 0 Å². The number of aromatic nitrogens is 2. The molecule has 3 nitrogen and oxygen atoms in total. The molecule has 0 radical (unpaired) electrons. The molecule has 1 heterocycles. The van der Waals surface area contributed by atoms with Crippen LogP contribution in [0.25, 0.3) is 0 Å². The van der Waals surface area contributed by atoms with Gasteiger partial charge in [-0.05, 0) is 18.1 Å². The van der Waals surface area contributed by atoms with Crippen LogP contribution < -0.4 is 0 Å². The molecule has 94 valence electrons. The van der Waals surface area contributed by atoms with E-state index in [0.717, 1.165) is 17.7 Å². The molecule has 0 aliphatic rings. The number of ketones is 1. The Balaban J connectivity index is 1.95. The fourth-order valence-corrected chi connectivity index (χ4v) is 2.04. The Hall–Kier alpha value is -1.90. The molecule has 0 N–H and O–H groups in total. The number of benzene rings is 1. The van der Waals surface area contributed by atoms with Crippen molar-refractivity contribution >= 4 is 5.78 Å². The summed E-state index contributed by atoms with van der Waals surface area (Å²) in [6, 6.07) is 11.9. The van der Waals surface area contributed by atoms with Gasteiger partial charge in [0.2, 0.25) is 0 Å². The van der Waals surface area contributed by atoms with Gasteiger partial charge in [0.15, 0.2) is 0 Å². The SMILES string of the molecule is CC(C(=O)CCc1ccnn1C)c1ccccc1. The Bertz CT molecular complexity index is 516. The molecule has 0 saturated carbocycles. The Kier molecular flexibility index (Phi) is 3.92. The normalized spacial score (nSPS) is 12.3. The van der Waals surface area contributed by atoms with Gasteiger partial charge in [-0.3, -0.25) is 9.48 Å². The smallest absolute Gasteiger partial charge is 0.140 e. The summed E-state index contributed by atoms with van der Waals surface area (Å²) in [5, 5.41) is 4.10. The van der Waals surface area contributed by atoms with Crippen LogP contribution in [0.15, 0.2) is 42.6 Å². The Morgan fingerprint density at radius 2 is 2.00 bits per heavy atom. The van der Waals surface area contributed by atoms with Crippen LogP contribution in [0, 0.1) is 0 Å². The first kappa shape index (κ1) is 12.6. The van der Waals surface area contributed by atoms with Crippen molar-refractivity contribution in [3.8, 4) is 0 Å². The zero-order valence-electron chi connectivity index (χ0n) is 10.8. The molecular weight excluding hydrogens is 224 g/mol. The zero-order chi connectivity index (χ0) is 13.0. The van der Waals surface area contributed by atoms with Crippen LogP contribution in [0.3, 0.4) is 0 Å². The van der Waals surface area contributed by atoms with Crippen LogP contribution in [0.2, 0.25) is 0 Å². The van der Waals surface area contributed by atoms with Crippen LogP contribution >= 0.6 is 0 Å². The fourth-order valence-electron chi connectivity index (χ4n) is 2.04. The number of rotatable bonds is 5. The summed E-state index contributed by atoms with van der Waals surface area (Å²) in [6.45, 7) is 1.97. The number of nitrogens with zero attached hydrogens (tertiary/aromatic N) is 2. The third kappa shape index (κ3) is 2.86. The molecule has 1 unspecified atom stereocenters. The van der Waals surface area contributed by atoms with Crippen LogP contribution in [0.4, 0.5) is 0 Å². The monoisotopic (exact) mass is 242 g/mol. The summed E-state index contributed by atoms with van der Waals surface area (Å²) in [5.41, 5.74) is 2.19. The van der Waals surface area contributed by atoms with E-state index < -0.39 is 0 Å². The van der Waals surface area contributed by atoms with E-state index in [4.69, 9.17) is 0 Å². The highest BCUT2D eigenvalue weighted by Crippen LogP contribution is 2.18. The van der Waals surface area contributed by atoms with Gasteiger partial charge in [0.1, 0.15) is 5.78 Å². The average molecular weight is 242 g/mol. The van der Waals surface area contributed by atoms with Crippen LogP contribution in [-0.2, 0) is 18.3 Å². The molecule has 2 rings (SSSR count). The lowest BCUT2D eigenvalue weighted by atomic mass is 9.94. The first-order chi connectivity index (χ1) is 8.68. The van der Waals surface area contributed by atoms with Gasteiger partial charge in [-0.25, -0.2) is 0 Å². The Morgan fingerprint density at radius 3 is 2.61 bits per heavy atom. The molecule has 0 saturated heterocycles. The van der Waals surface area contributed by atoms with Crippen molar-refractivity contribution in [2.75, 3.05) is 0 Å². The third-order valence-electron chi connectivity index (χ3n) is 3.33. The lowest BCUT2D eigenvalue weighted by Crippen LogP contribution is -2.11. The standard InChI is InChI=1S/C15H18N2O/c1-12(13-6-4-3-5-7-13)15(18)9-8-14-10-11-16-17(14)2/h3-7,10-12H,8-9H2,1-2H3. The van der Waals surface area contributed by atoms with E-state index in [9.17, 15) is 4.79 Å². The average Bonchev–Trinajstić information content (AvgIpc) is 2.81. The van der Waals surface area contributed by atoms with Crippen molar-refractivity contribution in [3.63, 3.8) is 0 Å². The van der Waals surface area contributed by atoms with E-state index in [1.807, 2.05) is 55.1 Å². The van der Waals surface area contributed by atoms with Gasteiger partial charge >= 0.3 is 0 Å². The summed E-state index contributed by atoms with van der Waals surface area (Å²) in [7, 11) is 1.90. The molecule has 0 spiro atoms. The largest absolute Gasteiger partial charge is 0.299 e. The van der Waals surface area contributed by atoms with Gasteiger partial charge in [0, 0.05) is 31.3 Å². The number of aryl methyl sites for hydroxylation is 2. The highest BCUT2D eigenvalue weighted by Gasteiger charge is 2.15. The number of carbonyl (C=O) groups is 1. The Morgan fingerprint density at radius 1 is 1.28 bits per heavy atom. The van der Waals surface area contributed by atoms with Gasteiger partial charge in [0.25, 0.3) is 0 Å². The first-order valence-electron chi connectivity index (χ1n) is 6.23. The fraction of sp³-hybridized carbons (Fsp3) is 0.333. The van der Waals surface area contributed by atoms with Crippen LogP contribution in [-0.4, -0.2) is 15.6 Å². The van der Waals surface area contributed by atoms with Crippen molar-refractivity contribution in [1.82, 2.24) is 9.78 Å². The minimum absolute atomic E-state index is 0.0283. The van der Waals surface area contributed by atoms with E-state index in [-0.39, 0.29) is 11.7 Å². The second kappa shape index (κ2) is 5.63. The summed E-state index contributed by atoms with van der Waals surface area (Å²) in [6.07, 6.45) is 3.09. The van der Waals surface area contributed by atoms with Crippen LogP contribution in [0.1, 0.15) is 30.5 Å². The predicted molar refractivity (Wildman–Crippen MR) is 71.4 cm³/mol. The summed E-state index contributed by atoms with van der Waals surface area (Å²) < 4.78 is 1.82. The minimum atomic E-state index is -0.0283. The van der Waals surface area contributed by atoms with Crippen molar-refractivity contribution in [3.05, 3.63) is 53.9 Å². The van der Waals surface area contributed by atoms with E-state index in [0.29, 0.717) is 6.42 Å². The minimum Gasteiger partial charge on any atom is -0.299 e. The van der Waals surface area contributed by atoms with Gasteiger partial charge in [-0.15, -0.1) is 0 Å². The van der Waals surface area contributed by atoms with Crippen molar-refractivity contribution in [2.45, 2.75) is 25.7 Å². The molecule has 2 aromatic rings. The third-order valence-corrected chi connectivity index (χ3v) is 3.33. The van der Waals surface area contributed by atoms with Gasteiger partial charge in [-0.2, -0.15) is 5.10 Å². The van der Waals surface area contributed by atoms with E-state index >= 15 is 0 Å². The van der Waals surface area contributed by atoms with E-state index in [1.54, 1.807) is 6.20 Å². The quantitative estimate of drug-likeness (QED) is 0.808. The molecule has 0 aliphatic heterocycles. The van der Waals surface area contributed by atoms with Crippen molar-refractivity contribution < 1.29 is 4.79 Å². The molecule has 0 amide bonds. The first-order valence-corrected chi connectivity index (χ1v) is 6.23. The maximum atomic E-state index is 12.1. The molecule has 0 bridgehead atoms. The molecule has 0 fully saturated rings. The predicted octanol–water partition coefficient (Wildman–Crippen LogP) is 2.73. The van der Waals surface area contributed by atoms with E-state index in [2.05, 4.69) is 5.10 Å². The molecule has 18 heavy (non-hydrogen) atoms. The molecule has 1 aromatic heterocycles. The molecule has 0 aliphatic carbocycles. The maximum Gasteiger partial charge on any atom is 0.140 e. The van der Waals surface area contributed by atoms with E-state index in [1.165, 1.54) is 0 Å². The van der Waals surface area contributed by atoms with Crippen molar-refractivity contribution in [1.29, 1.82) is 0 Å². The highest BCUT2D eigenvalue weighted by atomic mass is 16.1. The maximum absolute atomic E-state index is 12.1. The van der Waals surface area contributed by atoms with Gasteiger partial charge in [0.05, 0.1) is 0 Å². The number of hydrogen-bond donors (Lipinski definition) is 0. The lowest BCUT2D eigenvalue weighted by Gasteiger charge is -2.10. The summed E-state index contributed by atoms with van der Waals surface area (Å²) >= 11 is 0. The van der Waals surface area contributed by atoms with Gasteiger partial charge in [-0.1, -0.05) is 37.3 Å². The van der Waals surface area contributed by atoms with Crippen LogP contribution in [0.5, 0.6) is 0 Å². The summed E-state index contributed by atoms with van der Waals surface area (Å²) in [4.78, 5) is 12.1. The molecule has 1 atom stereocenters. The van der Waals surface area contributed by atoms with Crippen molar-refractivity contribution in [2.24, 2.45) is 7.05 Å². The second-order valence-corrected chi connectivity index (χ2v) is 4.54. The molecular formula is C15H18N2O. The highest BCUT2D eigenvalue weighted by molar-refractivity contribution is 5.85. The molecule has 3 heteroatoms. The number of hydrogen-bond acceptors (Lipinski definition) is 2. The zero-order valence-corrected chi connectivity index (χ0v) is 10.8. The number of Topliss-reactive ketones (excluding diaryl/α,β-unsaturated/α-hetero) is 1. The lowest BCUT2D eigenvalue weighted by molar-refractivity contribution is -0.120. The molecule has 1 aromatic carbocycles. The number of carbonyl (C=O) groups excluding carboxylic acids is 1. The summed E-state index contributed by atoms with van der Waals surface area (Å²) in [5.74, 6) is 0.252.